The largest absolute Gasteiger partial charge is 0.386 e. The number of aliphatic hydroxyl groups excluding tert-OH is 1. The summed E-state index contributed by atoms with van der Waals surface area (Å²) in [5.74, 6) is -0.314. The number of nitrogens with zero attached hydrogens (tertiary/aromatic N) is 2. The molecule has 2 aromatic rings. The van der Waals surface area contributed by atoms with E-state index in [0.717, 1.165) is 35.5 Å². The van der Waals surface area contributed by atoms with Crippen molar-refractivity contribution in [3.63, 3.8) is 0 Å². The van der Waals surface area contributed by atoms with Crippen LogP contribution in [-0.2, 0) is 16.9 Å². The minimum absolute atomic E-state index is 0.282. The molecule has 134 valence electrons. The standard InChI is InChI=1S/C18H20ClFN2O2S/c1-11-7-18(17-14(6-16(19)25-17)15(23)10-24-18)4-5-22(11)9-13-3-2-12(20)8-21-13/h2-3,6,8,11,15,23H,4-5,7,9-10H2,1H3/t11-,15-,18+/m0/s1. The van der Waals surface area contributed by atoms with Gasteiger partial charge in [0.15, 0.2) is 0 Å². The molecule has 7 heteroatoms. The Balaban J connectivity index is 1.53. The summed E-state index contributed by atoms with van der Waals surface area (Å²) in [4.78, 5) is 7.58. The first-order chi connectivity index (χ1) is 12.0. The van der Waals surface area contributed by atoms with E-state index in [2.05, 4.69) is 16.8 Å². The lowest BCUT2D eigenvalue weighted by atomic mass is 9.81. The van der Waals surface area contributed by atoms with Crippen molar-refractivity contribution in [3.8, 4) is 0 Å². The molecule has 0 amide bonds. The first kappa shape index (κ1) is 17.4. The van der Waals surface area contributed by atoms with E-state index in [-0.39, 0.29) is 17.5 Å². The Bertz CT molecular complexity index is 769. The first-order valence-electron chi connectivity index (χ1n) is 8.43. The Morgan fingerprint density at radius 1 is 1.52 bits per heavy atom. The molecule has 2 aromatic heterocycles. The summed E-state index contributed by atoms with van der Waals surface area (Å²) in [6.45, 7) is 4.03. The fourth-order valence-corrected chi connectivity index (χ4v) is 5.38. The van der Waals surface area contributed by atoms with Gasteiger partial charge in [-0.15, -0.1) is 11.3 Å². The summed E-state index contributed by atoms with van der Waals surface area (Å²) >= 11 is 7.72. The number of piperidine rings is 1. The van der Waals surface area contributed by atoms with Crippen molar-refractivity contribution in [1.29, 1.82) is 0 Å². The maximum Gasteiger partial charge on any atom is 0.141 e. The molecule has 0 saturated carbocycles. The molecule has 1 spiro atoms. The van der Waals surface area contributed by atoms with Crippen LogP contribution in [0.5, 0.6) is 0 Å². The quantitative estimate of drug-likeness (QED) is 0.856. The van der Waals surface area contributed by atoms with Gasteiger partial charge in [0.1, 0.15) is 17.5 Å². The van der Waals surface area contributed by atoms with Crippen LogP contribution in [0.25, 0.3) is 0 Å². The number of likely N-dealkylation sites (tertiary alicyclic amines) is 1. The lowest BCUT2D eigenvalue weighted by Crippen LogP contribution is -2.50. The Hall–Kier alpha value is -1.05. The lowest BCUT2D eigenvalue weighted by Gasteiger charge is -2.47. The average Bonchev–Trinajstić information content (AvgIpc) is 2.99. The molecule has 2 aliphatic rings. The summed E-state index contributed by atoms with van der Waals surface area (Å²) < 4.78 is 19.9. The molecular weight excluding hydrogens is 363 g/mol. The van der Waals surface area contributed by atoms with Crippen molar-refractivity contribution >= 4 is 22.9 Å². The van der Waals surface area contributed by atoms with Gasteiger partial charge in [0, 0.05) is 29.6 Å². The Labute approximate surface area is 155 Å². The van der Waals surface area contributed by atoms with Gasteiger partial charge < -0.3 is 9.84 Å². The second-order valence-corrected chi connectivity index (χ2v) is 8.58. The number of rotatable bonds is 2. The highest BCUT2D eigenvalue weighted by molar-refractivity contribution is 7.16. The van der Waals surface area contributed by atoms with Gasteiger partial charge in [-0.2, -0.15) is 0 Å². The van der Waals surface area contributed by atoms with Crippen molar-refractivity contribution in [2.24, 2.45) is 0 Å². The summed E-state index contributed by atoms with van der Waals surface area (Å²) in [5.41, 5.74) is 1.42. The van der Waals surface area contributed by atoms with Gasteiger partial charge in [-0.3, -0.25) is 9.88 Å². The van der Waals surface area contributed by atoms with Crippen molar-refractivity contribution < 1.29 is 14.2 Å². The minimum Gasteiger partial charge on any atom is -0.386 e. The second kappa shape index (κ2) is 6.59. The molecule has 4 heterocycles. The summed E-state index contributed by atoms with van der Waals surface area (Å²) in [6.07, 6.45) is 2.35. The molecule has 2 aliphatic heterocycles. The Morgan fingerprint density at radius 2 is 2.36 bits per heavy atom. The number of hydrogen-bond acceptors (Lipinski definition) is 5. The van der Waals surface area contributed by atoms with E-state index >= 15 is 0 Å². The number of halogens is 2. The molecule has 0 aliphatic carbocycles. The monoisotopic (exact) mass is 382 g/mol. The Kier molecular flexibility index (Phi) is 4.58. The number of thiophene rings is 1. The zero-order chi connectivity index (χ0) is 17.6. The fraction of sp³-hybridized carbons (Fsp3) is 0.500. The van der Waals surface area contributed by atoms with Gasteiger partial charge in [0.2, 0.25) is 0 Å². The van der Waals surface area contributed by atoms with Gasteiger partial charge in [-0.05, 0) is 38.0 Å². The minimum atomic E-state index is -0.596. The SMILES string of the molecule is C[C@H]1C[C@@]2(CCN1Cc1ccc(F)cn1)OC[C@H](O)c1cc(Cl)sc12. The molecule has 1 saturated heterocycles. The van der Waals surface area contributed by atoms with Gasteiger partial charge >= 0.3 is 0 Å². The van der Waals surface area contributed by atoms with Crippen LogP contribution in [0.2, 0.25) is 4.34 Å². The zero-order valence-electron chi connectivity index (χ0n) is 13.9. The topological polar surface area (TPSA) is 45.6 Å². The van der Waals surface area contributed by atoms with Crippen LogP contribution in [0.3, 0.4) is 0 Å². The molecule has 1 fully saturated rings. The van der Waals surface area contributed by atoms with E-state index in [1.54, 1.807) is 6.07 Å². The van der Waals surface area contributed by atoms with Crippen molar-refractivity contribution in [2.45, 2.75) is 44.1 Å². The normalized spacial score (nSPS) is 29.8. The number of aliphatic hydroxyl groups is 1. The molecule has 3 atom stereocenters. The smallest absolute Gasteiger partial charge is 0.141 e. The van der Waals surface area contributed by atoms with Crippen molar-refractivity contribution in [1.82, 2.24) is 9.88 Å². The van der Waals surface area contributed by atoms with Gasteiger partial charge in [-0.1, -0.05) is 11.6 Å². The number of ether oxygens (including phenoxy) is 1. The maximum atomic E-state index is 13.0. The third kappa shape index (κ3) is 3.22. The molecule has 0 bridgehead atoms. The fourth-order valence-electron chi connectivity index (χ4n) is 3.90. The summed E-state index contributed by atoms with van der Waals surface area (Å²) in [5, 5.41) is 10.2. The molecule has 4 nitrogen and oxygen atoms in total. The Morgan fingerprint density at radius 3 is 3.08 bits per heavy atom. The molecule has 0 radical (unpaired) electrons. The molecule has 25 heavy (non-hydrogen) atoms. The second-order valence-electron chi connectivity index (χ2n) is 6.90. The number of pyridine rings is 1. The number of fused-ring (bicyclic) bond motifs is 2. The van der Waals surface area contributed by atoms with Crippen LogP contribution in [0.15, 0.2) is 24.4 Å². The van der Waals surface area contributed by atoms with Crippen molar-refractivity contribution in [3.05, 3.63) is 50.7 Å². The van der Waals surface area contributed by atoms with E-state index < -0.39 is 6.10 Å². The van der Waals surface area contributed by atoms with E-state index in [0.29, 0.717) is 17.5 Å². The highest BCUT2D eigenvalue weighted by atomic mass is 35.5. The molecular formula is C18H20ClFN2O2S. The molecule has 1 N–H and O–H groups in total. The summed E-state index contributed by atoms with van der Waals surface area (Å²) in [6, 6.07) is 5.33. The van der Waals surface area contributed by atoms with Crippen LogP contribution < -0.4 is 0 Å². The lowest BCUT2D eigenvalue weighted by molar-refractivity contribution is -0.139. The van der Waals surface area contributed by atoms with Crippen molar-refractivity contribution in [2.75, 3.05) is 13.2 Å². The van der Waals surface area contributed by atoms with Crippen LogP contribution in [0.1, 0.15) is 42.0 Å². The van der Waals surface area contributed by atoms with Crippen LogP contribution in [-0.4, -0.2) is 34.2 Å². The van der Waals surface area contributed by atoms with Gasteiger partial charge in [0.25, 0.3) is 0 Å². The van der Waals surface area contributed by atoms with Crippen LogP contribution >= 0.6 is 22.9 Å². The predicted molar refractivity (Wildman–Crippen MR) is 95.2 cm³/mol. The van der Waals surface area contributed by atoms with E-state index in [1.807, 2.05) is 6.07 Å². The average molecular weight is 383 g/mol. The molecule has 4 rings (SSSR count). The molecule has 0 unspecified atom stereocenters. The highest BCUT2D eigenvalue weighted by Crippen LogP contribution is 2.50. The molecule has 0 aromatic carbocycles. The third-order valence-corrected chi connectivity index (χ3v) is 6.69. The van der Waals surface area contributed by atoms with Crippen LogP contribution in [0, 0.1) is 5.82 Å². The van der Waals surface area contributed by atoms with Crippen LogP contribution in [0.4, 0.5) is 4.39 Å². The zero-order valence-corrected chi connectivity index (χ0v) is 15.5. The number of aromatic nitrogens is 1. The maximum absolute atomic E-state index is 13.0. The van der Waals surface area contributed by atoms with E-state index in [4.69, 9.17) is 16.3 Å². The highest BCUT2D eigenvalue weighted by Gasteiger charge is 2.46. The van der Waals surface area contributed by atoms with Gasteiger partial charge in [-0.25, -0.2) is 4.39 Å². The summed E-state index contributed by atoms with van der Waals surface area (Å²) in [7, 11) is 0. The number of hydrogen-bond donors (Lipinski definition) is 1. The van der Waals surface area contributed by atoms with E-state index in [9.17, 15) is 9.50 Å². The predicted octanol–water partition coefficient (Wildman–Crippen LogP) is 3.88. The van der Waals surface area contributed by atoms with E-state index in [1.165, 1.54) is 23.6 Å². The van der Waals surface area contributed by atoms with Gasteiger partial charge in [0.05, 0.1) is 22.8 Å². The third-order valence-electron chi connectivity index (χ3n) is 5.23. The first-order valence-corrected chi connectivity index (χ1v) is 9.62.